The standard InChI is InChI=1S/C18H23ClN2O4/c1-2-3-6-11-25-16(22)12-15-17(23)20-9-10-21(15)18(24)13-7-4-5-8-14(13)19/h4-5,7-8,15H,2-3,6,9-12H2,1H3,(H,20,23). The third kappa shape index (κ3) is 5.19. The fourth-order valence-electron chi connectivity index (χ4n) is 2.70. The van der Waals surface area contributed by atoms with Crippen molar-refractivity contribution in [3.8, 4) is 0 Å². The first-order chi connectivity index (χ1) is 12.0. The van der Waals surface area contributed by atoms with E-state index in [9.17, 15) is 14.4 Å². The first-order valence-corrected chi connectivity index (χ1v) is 8.91. The predicted octanol–water partition coefficient (Wildman–Crippen LogP) is 2.40. The lowest BCUT2D eigenvalue weighted by Gasteiger charge is -2.34. The van der Waals surface area contributed by atoms with Gasteiger partial charge in [-0.05, 0) is 18.6 Å². The third-order valence-corrected chi connectivity index (χ3v) is 4.40. The Hall–Kier alpha value is -2.08. The van der Waals surface area contributed by atoms with E-state index >= 15 is 0 Å². The van der Waals surface area contributed by atoms with Gasteiger partial charge < -0.3 is 15.0 Å². The number of halogens is 1. The van der Waals surface area contributed by atoms with E-state index in [-0.39, 0.29) is 18.2 Å². The number of unbranched alkanes of at least 4 members (excludes halogenated alkanes) is 2. The molecule has 1 heterocycles. The molecule has 6 nitrogen and oxygen atoms in total. The lowest BCUT2D eigenvalue weighted by atomic mass is 10.1. The van der Waals surface area contributed by atoms with E-state index in [1.807, 2.05) is 0 Å². The molecule has 1 aliphatic rings. The summed E-state index contributed by atoms with van der Waals surface area (Å²) in [5, 5.41) is 3.01. The predicted molar refractivity (Wildman–Crippen MR) is 94.4 cm³/mol. The quantitative estimate of drug-likeness (QED) is 0.594. The van der Waals surface area contributed by atoms with Crippen molar-refractivity contribution in [1.29, 1.82) is 0 Å². The number of nitrogens with one attached hydrogen (secondary N) is 1. The number of nitrogens with zero attached hydrogens (tertiary/aromatic N) is 1. The van der Waals surface area contributed by atoms with Gasteiger partial charge in [0.25, 0.3) is 5.91 Å². The highest BCUT2D eigenvalue weighted by atomic mass is 35.5. The summed E-state index contributed by atoms with van der Waals surface area (Å²) in [6.45, 7) is 3.06. The van der Waals surface area contributed by atoms with E-state index in [0.29, 0.717) is 30.3 Å². The molecule has 2 amide bonds. The number of benzene rings is 1. The molecule has 1 N–H and O–H groups in total. The Kier molecular flexibility index (Phi) is 7.25. The summed E-state index contributed by atoms with van der Waals surface area (Å²) in [7, 11) is 0. The zero-order chi connectivity index (χ0) is 18.2. The van der Waals surface area contributed by atoms with E-state index in [0.717, 1.165) is 19.3 Å². The van der Waals surface area contributed by atoms with Crippen LogP contribution in [0.1, 0.15) is 43.0 Å². The van der Waals surface area contributed by atoms with Crippen LogP contribution in [0.5, 0.6) is 0 Å². The van der Waals surface area contributed by atoms with Gasteiger partial charge in [-0.15, -0.1) is 0 Å². The molecule has 1 aliphatic heterocycles. The lowest BCUT2D eigenvalue weighted by molar-refractivity contribution is -0.147. The van der Waals surface area contributed by atoms with Crippen LogP contribution in [0.2, 0.25) is 5.02 Å². The molecule has 2 rings (SSSR count). The molecule has 1 aromatic carbocycles. The van der Waals surface area contributed by atoms with Crippen LogP contribution in [0.15, 0.2) is 24.3 Å². The second-order valence-corrected chi connectivity index (χ2v) is 6.32. The van der Waals surface area contributed by atoms with Gasteiger partial charge in [0.15, 0.2) is 0 Å². The zero-order valence-electron chi connectivity index (χ0n) is 14.3. The summed E-state index contributed by atoms with van der Waals surface area (Å²) >= 11 is 6.09. The highest BCUT2D eigenvalue weighted by Gasteiger charge is 2.36. The summed E-state index contributed by atoms with van der Waals surface area (Å²) in [6.07, 6.45) is 2.65. The van der Waals surface area contributed by atoms with Gasteiger partial charge in [-0.25, -0.2) is 0 Å². The molecule has 0 aromatic heterocycles. The minimum atomic E-state index is -0.879. The van der Waals surface area contributed by atoms with Gasteiger partial charge >= 0.3 is 5.97 Å². The van der Waals surface area contributed by atoms with Crippen LogP contribution < -0.4 is 5.32 Å². The summed E-state index contributed by atoms with van der Waals surface area (Å²) in [5.41, 5.74) is 0.320. The van der Waals surface area contributed by atoms with E-state index in [1.54, 1.807) is 24.3 Å². The van der Waals surface area contributed by atoms with Crippen LogP contribution in [0.4, 0.5) is 0 Å². The summed E-state index contributed by atoms with van der Waals surface area (Å²) < 4.78 is 5.17. The molecule has 0 saturated carbocycles. The van der Waals surface area contributed by atoms with Crippen LogP contribution >= 0.6 is 11.6 Å². The van der Waals surface area contributed by atoms with E-state index < -0.39 is 12.0 Å². The van der Waals surface area contributed by atoms with Gasteiger partial charge in [-0.2, -0.15) is 0 Å². The van der Waals surface area contributed by atoms with Crippen molar-refractivity contribution < 1.29 is 19.1 Å². The Morgan fingerprint density at radius 2 is 2.08 bits per heavy atom. The minimum absolute atomic E-state index is 0.159. The third-order valence-electron chi connectivity index (χ3n) is 4.07. The molecular weight excluding hydrogens is 344 g/mol. The van der Waals surface area contributed by atoms with Crippen molar-refractivity contribution in [3.63, 3.8) is 0 Å². The average Bonchev–Trinajstić information content (AvgIpc) is 2.60. The van der Waals surface area contributed by atoms with Crippen LogP contribution in [-0.2, 0) is 14.3 Å². The van der Waals surface area contributed by atoms with Crippen molar-refractivity contribution in [2.45, 2.75) is 38.6 Å². The van der Waals surface area contributed by atoms with Crippen molar-refractivity contribution in [2.75, 3.05) is 19.7 Å². The Balaban J connectivity index is 2.05. The van der Waals surface area contributed by atoms with E-state index in [2.05, 4.69) is 12.2 Å². The van der Waals surface area contributed by atoms with Gasteiger partial charge in [0.1, 0.15) is 6.04 Å². The molecule has 0 radical (unpaired) electrons. The topological polar surface area (TPSA) is 75.7 Å². The fraction of sp³-hybridized carbons (Fsp3) is 0.500. The van der Waals surface area contributed by atoms with Crippen LogP contribution in [0.3, 0.4) is 0 Å². The van der Waals surface area contributed by atoms with E-state index in [1.165, 1.54) is 4.90 Å². The van der Waals surface area contributed by atoms with Crippen LogP contribution in [0, 0.1) is 0 Å². The number of ether oxygens (including phenoxy) is 1. The zero-order valence-corrected chi connectivity index (χ0v) is 15.1. The highest BCUT2D eigenvalue weighted by Crippen LogP contribution is 2.20. The van der Waals surface area contributed by atoms with Crippen LogP contribution in [-0.4, -0.2) is 48.4 Å². The number of carbonyl (C=O) groups excluding carboxylic acids is 3. The average molecular weight is 367 g/mol. The molecule has 0 aliphatic carbocycles. The first kappa shape index (κ1) is 19.2. The summed E-state index contributed by atoms with van der Waals surface area (Å²) in [5.74, 6) is -1.18. The summed E-state index contributed by atoms with van der Waals surface area (Å²) in [6, 6.07) is 5.79. The molecule has 0 spiro atoms. The van der Waals surface area contributed by atoms with E-state index in [4.69, 9.17) is 16.3 Å². The number of carbonyl (C=O) groups is 3. The molecule has 1 saturated heterocycles. The number of hydrogen-bond donors (Lipinski definition) is 1. The van der Waals surface area contributed by atoms with Crippen molar-refractivity contribution in [3.05, 3.63) is 34.9 Å². The van der Waals surface area contributed by atoms with Gasteiger partial charge in [-0.1, -0.05) is 43.5 Å². The molecule has 1 atom stereocenters. The number of esters is 1. The second-order valence-electron chi connectivity index (χ2n) is 5.92. The number of amides is 2. The minimum Gasteiger partial charge on any atom is -0.466 e. The van der Waals surface area contributed by atoms with Crippen molar-refractivity contribution in [2.24, 2.45) is 0 Å². The maximum Gasteiger partial charge on any atom is 0.308 e. The number of rotatable bonds is 7. The van der Waals surface area contributed by atoms with Gasteiger partial charge in [0.2, 0.25) is 5.91 Å². The van der Waals surface area contributed by atoms with Crippen molar-refractivity contribution in [1.82, 2.24) is 10.2 Å². The highest BCUT2D eigenvalue weighted by molar-refractivity contribution is 6.33. The molecular formula is C18H23ClN2O4. The lowest BCUT2D eigenvalue weighted by Crippen LogP contribution is -2.57. The Labute approximate surface area is 152 Å². The normalized spacial score (nSPS) is 17.1. The maximum absolute atomic E-state index is 12.8. The monoisotopic (exact) mass is 366 g/mol. The number of piperazine rings is 1. The van der Waals surface area contributed by atoms with Gasteiger partial charge in [0, 0.05) is 13.1 Å². The van der Waals surface area contributed by atoms with Gasteiger partial charge in [-0.3, -0.25) is 14.4 Å². The molecule has 136 valence electrons. The summed E-state index contributed by atoms with van der Waals surface area (Å²) in [4.78, 5) is 38.4. The Bertz CT molecular complexity index is 635. The largest absolute Gasteiger partial charge is 0.466 e. The Morgan fingerprint density at radius 1 is 1.32 bits per heavy atom. The molecule has 25 heavy (non-hydrogen) atoms. The second kappa shape index (κ2) is 9.42. The molecule has 1 unspecified atom stereocenters. The number of hydrogen-bond acceptors (Lipinski definition) is 4. The molecule has 0 bridgehead atoms. The van der Waals surface area contributed by atoms with Crippen LogP contribution in [0.25, 0.3) is 0 Å². The first-order valence-electron chi connectivity index (χ1n) is 8.53. The molecule has 1 fully saturated rings. The SMILES string of the molecule is CCCCCOC(=O)CC1C(=O)NCCN1C(=O)c1ccccc1Cl. The molecule has 7 heteroatoms. The molecule has 1 aromatic rings. The Morgan fingerprint density at radius 3 is 2.80 bits per heavy atom. The smallest absolute Gasteiger partial charge is 0.308 e. The fourth-order valence-corrected chi connectivity index (χ4v) is 2.92. The maximum atomic E-state index is 12.8. The van der Waals surface area contributed by atoms with Crippen molar-refractivity contribution >= 4 is 29.4 Å². The van der Waals surface area contributed by atoms with Gasteiger partial charge in [0.05, 0.1) is 23.6 Å².